The number of ether oxygens (including phenoxy) is 1. The number of fused-ring (bicyclic) bond motifs is 2. The van der Waals surface area contributed by atoms with Crippen molar-refractivity contribution in [2.45, 2.75) is 148 Å². The number of unbranched alkanes of at least 4 members (excludes halogenated alkanes) is 2. The molecule has 7 aromatic rings. The number of pyridine rings is 4. The van der Waals surface area contributed by atoms with Crippen molar-refractivity contribution in [1.82, 2.24) is 55.2 Å². The van der Waals surface area contributed by atoms with Crippen molar-refractivity contribution in [1.29, 1.82) is 10.5 Å². The number of nitrogens with one attached hydrogen (secondary N) is 4. The lowest BCUT2D eigenvalue weighted by molar-refractivity contribution is -0.138. The summed E-state index contributed by atoms with van der Waals surface area (Å²) in [4.78, 5) is 55.7. The predicted molar refractivity (Wildman–Crippen MR) is 342 cm³/mol. The molecule has 5 aromatic heterocycles. The third-order valence-corrected chi connectivity index (χ3v) is 19.2. The van der Waals surface area contributed by atoms with Crippen LogP contribution in [-0.2, 0) is 43.6 Å². The van der Waals surface area contributed by atoms with Gasteiger partial charge in [-0.1, -0.05) is 6.42 Å². The number of likely N-dealkylation sites (tertiary alicyclic amines) is 1. The number of rotatable bonds is 22. The molecule has 2 atom stereocenters. The normalized spacial score (nSPS) is 19.7. The van der Waals surface area contributed by atoms with Crippen molar-refractivity contribution in [2.75, 3.05) is 54.2 Å². The SMILES string of the molecule is COC1CC(NCc2cc3c(c(C(F)(F)F)c2)CN(c2cc(-c4cc(C)ncc4-c4nncn4CC4CC5(CCC5)CN4Cc4cc(F)c5c(c4)C(=O)N(c4cc(-c6cc(C)ncc6C6=NNC(C)N6C)cc(NCCCC#N)n4)C5)cc(NCCCC#N)n2)C3=O)C1. The van der Waals surface area contributed by atoms with E-state index in [0.29, 0.717) is 108 Å². The van der Waals surface area contributed by atoms with Crippen molar-refractivity contribution in [3.05, 3.63) is 141 Å². The number of hydrazone groups is 1. The highest BCUT2D eigenvalue weighted by atomic mass is 19.4. The molecule has 6 aliphatic rings. The van der Waals surface area contributed by atoms with E-state index < -0.39 is 23.5 Å². The molecule has 2 amide bonds. The van der Waals surface area contributed by atoms with E-state index in [0.717, 1.165) is 73.5 Å². The smallest absolute Gasteiger partial charge is 0.381 e. The summed E-state index contributed by atoms with van der Waals surface area (Å²) in [5.74, 6) is 1.04. The van der Waals surface area contributed by atoms with E-state index in [1.807, 2.05) is 73.7 Å². The van der Waals surface area contributed by atoms with E-state index >= 15 is 4.39 Å². The van der Waals surface area contributed by atoms with Crippen LogP contribution in [-0.4, -0.2) is 120 Å². The number of halogens is 4. The van der Waals surface area contributed by atoms with Gasteiger partial charge in [-0.05, 0) is 171 Å². The summed E-state index contributed by atoms with van der Waals surface area (Å²) in [6, 6.07) is 21.5. The molecule has 1 spiro atoms. The number of carbonyl (C=O) groups is 2. The van der Waals surface area contributed by atoms with Gasteiger partial charge >= 0.3 is 6.18 Å². The first-order valence-electron chi connectivity index (χ1n) is 31.7. The van der Waals surface area contributed by atoms with Gasteiger partial charge in [-0.15, -0.1) is 10.2 Å². The zero-order valence-electron chi connectivity index (χ0n) is 52.5. The van der Waals surface area contributed by atoms with E-state index in [1.165, 1.54) is 9.80 Å². The standard InChI is InChI=1S/C68H72F4N18O3/c1-39-17-49(53(31-77-39)63-85-83-41(3)86(63)4)44-23-59(75-15-8-6-13-73)82-62(25-44)90-36-56-52(66(90)92)20-43(22-58(56)69)33-87-37-67(11-10-12-67)29-47(87)34-88-38-80-84-64(88)54-32-78-40(2)18-50(54)45-24-60(76-16-9-7-14-74)81-61(26-45)89-35-55-51(65(89)91)19-42(21-57(55)68(70,71)72)30-79-46-27-48(28-46)93-5/h17-26,31-32,38,41,46-48,79,83H,6-12,15-16,27-30,33-37H2,1-5H3,(H,75,82)(H,76,81). The number of amides is 2. The summed E-state index contributed by atoms with van der Waals surface area (Å²) >= 11 is 0. The maximum Gasteiger partial charge on any atom is 0.416 e. The van der Waals surface area contributed by atoms with Crippen LogP contribution in [0.1, 0.15) is 137 Å². The first-order valence-corrected chi connectivity index (χ1v) is 31.7. The Morgan fingerprint density at radius 2 is 1.39 bits per heavy atom. The number of alkyl halides is 3. The number of nitriles is 2. The van der Waals surface area contributed by atoms with Crippen molar-refractivity contribution in [3.8, 4) is 45.8 Å². The van der Waals surface area contributed by atoms with Gasteiger partial charge in [-0.25, -0.2) is 14.4 Å². The molecule has 2 unspecified atom stereocenters. The number of benzene rings is 2. The van der Waals surface area contributed by atoms with Gasteiger partial charge in [0.05, 0.1) is 36.9 Å². The zero-order chi connectivity index (χ0) is 64.9. The maximum atomic E-state index is 16.8. The Kier molecular flexibility index (Phi) is 17.2. The Labute approximate surface area is 536 Å². The molecule has 4 N–H and O–H groups in total. The van der Waals surface area contributed by atoms with Crippen LogP contribution in [0.15, 0.2) is 84.5 Å². The van der Waals surface area contributed by atoms with Gasteiger partial charge in [0.2, 0.25) is 0 Å². The lowest BCUT2D eigenvalue weighted by atomic mass is 9.67. The van der Waals surface area contributed by atoms with Crippen LogP contribution in [0, 0.1) is 47.7 Å². The van der Waals surface area contributed by atoms with Gasteiger partial charge in [0.25, 0.3) is 11.8 Å². The Bertz CT molecular complexity index is 4190. The molecule has 480 valence electrons. The number of methoxy groups -OCH3 is 1. The van der Waals surface area contributed by atoms with Gasteiger partial charge in [0.1, 0.15) is 41.6 Å². The second-order valence-electron chi connectivity index (χ2n) is 25.6. The average Bonchev–Trinajstić information content (AvgIpc) is 1.69. The number of amidine groups is 1. The molecule has 9 heterocycles. The van der Waals surface area contributed by atoms with Crippen molar-refractivity contribution >= 4 is 40.9 Å². The summed E-state index contributed by atoms with van der Waals surface area (Å²) in [5, 5.41) is 42.4. The summed E-state index contributed by atoms with van der Waals surface area (Å²) < 4.78 is 69.1. The van der Waals surface area contributed by atoms with Crippen molar-refractivity contribution in [2.24, 2.45) is 10.5 Å². The lowest BCUT2D eigenvalue weighted by Gasteiger charge is -2.38. The molecule has 3 fully saturated rings. The molecule has 25 heteroatoms. The van der Waals surface area contributed by atoms with Crippen LogP contribution in [0.5, 0.6) is 0 Å². The van der Waals surface area contributed by atoms with Gasteiger partial charge in [-0.3, -0.25) is 39.7 Å². The highest BCUT2D eigenvalue weighted by molar-refractivity contribution is 6.11. The summed E-state index contributed by atoms with van der Waals surface area (Å²) in [6.07, 6.45) is 7.74. The molecule has 13 rings (SSSR count). The molecule has 1 saturated heterocycles. The van der Waals surface area contributed by atoms with Crippen LogP contribution in [0.3, 0.4) is 0 Å². The number of hydrogen-bond acceptors (Lipinski definition) is 18. The first-order chi connectivity index (χ1) is 44.9. The predicted octanol–water partition coefficient (Wildman–Crippen LogP) is 10.6. The van der Waals surface area contributed by atoms with Crippen molar-refractivity contribution in [3.63, 3.8) is 0 Å². The first kappa shape index (κ1) is 62.4. The molecule has 2 aromatic carbocycles. The monoisotopic (exact) mass is 1260 g/mol. The molecule has 93 heavy (non-hydrogen) atoms. The topological polar surface area (TPSA) is 247 Å². The van der Waals surface area contributed by atoms with Gasteiger partial charge in [0.15, 0.2) is 11.7 Å². The van der Waals surface area contributed by atoms with Crippen LogP contribution >= 0.6 is 0 Å². The third kappa shape index (κ3) is 12.6. The molecular weight excluding hydrogens is 1190 g/mol. The second kappa shape index (κ2) is 25.6. The Hall–Kier alpha value is -9.43. The quantitative estimate of drug-likeness (QED) is 0.0364. The fraction of sp³-hybridized carbons (Fsp3) is 0.426. The molecule has 2 aliphatic carbocycles. The lowest BCUT2D eigenvalue weighted by Crippen LogP contribution is -2.44. The van der Waals surface area contributed by atoms with Crippen LogP contribution in [0.2, 0.25) is 0 Å². The van der Waals surface area contributed by atoms with E-state index in [4.69, 9.17) is 24.8 Å². The van der Waals surface area contributed by atoms with E-state index in [-0.39, 0.29) is 89.8 Å². The molecule has 21 nitrogen and oxygen atoms in total. The van der Waals surface area contributed by atoms with Crippen LogP contribution < -0.4 is 31.2 Å². The molecular formula is C68H72F4N18O3. The number of nitrogens with zero attached hydrogens (tertiary/aromatic N) is 14. The maximum absolute atomic E-state index is 16.8. The van der Waals surface area contributed by atoms with Crippen LogP contribution in [0.25, 0.3) is 33.6 Å². The van der Waals surface area contributed by atoms with E-state index in [9.17, 15) is 33.3 Å². The highest BCUT2D eigenvalue weighted by Gasteiger charge is 2.48. The number of aromatic nitrogens is 7. The summed E-state index contributed by atoms with van der Waals surface area (Å²) in [7, 11) is 3.59. The minimum absolute atomic E-state index is 0.0319. The van der Waals surface area contributed by atoms with E-state index in [1.54, 1.807) is 44.0 Å². The fourth-order valence-corrected chi connectivity index (χ4v) is 13.9. The second-order valence-corrected chi connectivity index (χ2v) is 25.6. The van der Waals surface area contributed by atoms with Gasteiger partial charge in [0, 0.05) is 130 Å². The molecule has 2 saturated carbocycles. The largest absolute Gasteiger partial charge is 0.416 e. The minimum Gasteiger partial charge on any atom is -0.381 e. The van der Waals surface area contributed by atoms with Gasteiger partial charge < -0.3 is 30.2 Å². The fourth-order valence-electron chi connectivity index (χ4n) is 13.9. The minimum atomic E-state index is -4.74. The van der Waals surface area contributed by atoms with Gasteiger partial charge in [-0.2, -0.15) is 28.8 Å². The molecule has 4 aliphatic heterocycles. The number of carbonyl (C=O) groups excluding carboxylic acids is 2. The number of hydrogen-bond donors (Lipinski definition) is 4. The molecule has 0 radical (unpaired) electrons. The highest BCUT2D eigenvalue weighted by Crippen LogP contribution is 2.51. The average molecular weight is 1270 g/mol. The van der Waals surface area contributed by atoms with Crippen molar-refractivity contribution < 1.29 is 31.9 Å². The molecule has 0 bridgehead atoms. The Morgan fingerprint density at radius 3 is 1.98 bits per heavy atom. The number of anilines is 4. The Balaban J connectivity index is 0.781. The third-order valence-electron chi connectivity index (χ3n) is 19.2. The zero-order valence-corrected chi connectivity index (χ0v) is 52.5. The Morgan fingerprint density at radius 1 is 0.774 bits per heavy atom. The number of aryl methyl sites for hydroxylation is 2. The summed E-state index contributed by atoms with van der Waals surface area (Å²) in [6.45, 7) is 7.92. The summed E-state index contributed by atoms with van der Waals surface area (Å²) in [5.41, 5.74) is 9.34. The van der Waals surface area contributed by atoms with Crippen LogP contribution in [0.4, 0.5) is 40.8 Å². The van der Waals surface area contributed by atoms with E-state index in [2.05, 4.69) is 53.6 Å².